The Morgan fingerprint density at radius 1 is 1.48 bits per heavy atom. The number of carboxylic acids is 1. The van der Waals surface area contributed by atoms with Crippen LogP contribution in [0.1, 0.15) is 35.6 Å². The van der Waals surface area contributed by atoms with Gasteiger partial charge in [-0.05, 0) is 24.5 Å². The molecule has 2 rings (SSSR count). The van der Waals surface area contributed by atoms with Gasteiger partial charge in [-0.25, -0.2) is 13.9 Å². The summed E-state index contributed by atoms with van der Waals surface area (Å²) >= 11 is 5.99. The molecule has 0 saturated carbocycles. The third-order valence-electron chi connectivity index (χ3n) is 3.01. The lowest BCUT2D eigenvalue weighted by molar-refractivity contribution is 0.0689. The molecule has 0 unspecified atom stereocenters. The van der Waals surface area contributed by atoms with E-state index in [0.29, 0.717) is 12.1 Å². The Balaban J connectivity index is 2.42. The summed E-state index contributed by atoms with van der Waals surface area (Å²) in [6.45, 7) is 3.96. The summed E-state index contributed by atoms with van der Waals surface area (Å²) in [4.78, 5) is 11.2. The van der Waals surface area contributed by atoms with Crippen molar-refractivity contribution in [1.29, 1.82) is 0 Å². The van der Waals surface area contributed by atoms with Crippen LogP contribution in [0.2, 0.25) is 5.02 Å². The van der Waals surface area contributed by atoms with E-state index in [0.717, 1.165) is 0 Å². The number of hydrogen-bond acceptors (Lipinski definition) is 3. The SMILES string of the molecule is CC(C)Cc1c(C(=O)O)nnn1Cc1c(F)cccc1Cl. The van der Waals surface area contributed by atoms with Gasteiger partial charge >= 0.3 is 5.97 Å². The molecule has 1 N–H and O–H groups in total. The highest BCUT2D eigenvalue weighted by molar-refractivity contribution is 6.31. The Kier molecular flexibility index (Phi) is 4.57. The van der Waals surface area contributed by atoms with Gasteiger partial charge in [0.15, 0.2) is 5.69 Å². The number of rotatable bonds is 5. The Morgan fingerprint density at radius 3 is 2.76 bits per heavy atom. The van der Waals surface area contributed by atoms with Crippen molar-refractivity contribution < 1.29 is 14.3 Å². The average Bonchev–Trinajstić information content (AvgIpc) is 2.76. The van der Waals surface area contributed by atoms with Crippen LogP contribution < -0.4 is 0 Å². The minimum atomic E-state index is -1.14. The van der Waals surface area contributed by atoms with Gasteiger partial charge in [-0.2, -0.15) is 0 Å². The first-order valence-electron chi connectivity index (χ1n) is 6.48. The summed E-state index contributed by atoms with van der Waals surface area (Å²) in [5.74, 6) is -1.38. The number of carboxylic acid groups (broad SMARTS) is 1. The largest absolute Gasteiger partial charge is 0.476 e. The molecule has 5 nitrogen and oxygen atoms in total. The Bertz CT molecular complexity index is 650. The number of hydrogen-bond donors (Lipinski definition) is 1. The number of carbonyl (C=O) groups is 1. The number of aromatic carboxylic acids is 1. The molecule has 0 saturated heterocycles. The first-order chi connectivity index (χ1) is 9.90. The summed E-state index contributed by atoms with van der Waals surface area (Å²) in [5, 5.41) is 16.9. The second-order valence-electron chi connectivity index (χ2n) is 5.15. The molecule has 1 aromatic carbocycles. The van der Waals surface area contributed by atoms with Crippen molar-refractivity contribution in [3.63, 3.8) is 0 Å². The Hall–Kier alpha value is -1.95. The van der Waals surface area contributed by atoms with Crippen LogP contribution in [-0.2, 0) is 13.0 Å². The Labute approximate surface area is 126 Å². The minimum absolute atomic E-state index is 0.0494. The van der Waals surface area contributed by atoms with E-state index in [-0.39, 0.29) is 28.7 Å². The van der Waals surface area contributed by atoms with E-state index in [1.54, 1.807) is 6.07 Å². The van der Waals surface area contributed by atoms with E-state index in [9.17, 15) is 9.18 Å². The molecule has 0 radical (unpaired) electrons. The molecular formula is C14H15ClFN3O2. The molecule has 2 aromatic rings. The van der Waals surface area contributed by atoms with Gasteiger partial charge in [-0.3, -0.25) is 0 Å². The van der Waals surface area contributed by atoms with Crippen LogP contribution in [0.5, 0.6) is 0 Å². The summed E-state index contributed by atoms with van der Waals surface area (Å²) in [6, 6.07) is 4.40. The van der Waals surface area contributed by atoms with Gasteiger partial charge in [0.05, 0.1) is 12.2 Å². The van der Waals surface area contributed by atoms with E-state index < -0.39 is 11.8 Å². The van der Waals surface area contributed by atoms with Gasteiger partial charge in [-0.15, -0.1) is 5.10 Å². The molecule has 0 fully saturated rings. The van der Waals surface area contributed by atoms with E-state index >= 15 is 0 Å². The first kappa shape index (κ1) is 15.4. The number of aromatic nitrogens is 3. The maximum absolute atomic E-state index is 13.8. The summed E-state index contributed by atoms with van der Waals surface area (Å²) in [5.41, 5.74) is 0.638. The minimum Gasteiger partial charge on any atom is -0.476 e. The van der Waals surface area contributed by atoms with E-state index in [2.05, 4.69) is 10.3 Å². The standard InChI is InChI=1S/C14H15ClFN3O2/c1-8(2)6-12-13(14(20)21)17-18-19(12)7-9-10(15)4-3-5-11(9)16/h3-5,8H,6-7H2,1-2H3,(H,20,21). The molecule has 1 heterocycles. The molecule has 112 valence electrons. The molecule has 0 atom stereocenters. The van der Waals surface area contributed by atoms with Crippen LogP contribution in [0.4, 0.5) is 4.39 Å². The second kappa shape index (κ2) is 6.22. The molecular weight excluding hydrogens is 297 g/mol. The van der Waals surface area contributed by atoms with Crippen LogP contribution in [0, 0.1) is 11.7 Å². The topological polar surface area (TPSA) is 68.0 Å². The lowest BCUT2D eigenvalue weighted by Crippen LogP contribution is -2.13. The van der Waals surface area contributed by atoms with E-state index in [4.69, 9.17) is 16.7 Å². The fourth-order valence-corrected chi connectivity index (χ4v) is 2.27. The van der Waals surface area contributed by atoms with Crippen LogP contribution in [-0.4, -0.2) is 26.1 Å². The van der Waals surface area contributed by atoms with Crippen LogP contribution in [0.25, 0.3) is 0 Å². The summed E-state index contributed by atoms with van der Waals surface area (Å²) in [6.07, 6.45) is 0.487. The van der Waals surface area contributed by atoms with Crippen molar-refractivity contribution in [2.45, 2.75) is 26.8 Å². The van der Waals surface area contributed by atoms with Gasteiger partial charge in [0.25, 0.3) is 0 Å². The van der Waals surface area contributed by atoms with E-state index in [1.807, 2.05) is 13.8 Å². The maximum Gasteiger partial charge on any atom is 0.358 e. The van der Waals surface area contributed by atoms with Crippen molar-refractivity contribution in [2.75, 3.05) is 0 Å². The zero-order chi connectivity index (χ0) is 15.6. The normalized spacial score (nSPS) is 11.1. The summed E-state index contributed by atoms with van der Waals surface area (Å²) < 4.78 is 15.2. The fourth-order valence-electron chi connectivity index (χ4n) is 2.05. The molecule has 0 spiro atoms. The fraction of sp³-hybridized carbons (Fsp3) is 0.357. The van der Waals surface area contributed by atoms with Crippen molar-refractivity contribution >= 4 is 17.6 Å². The lowest BCUT2D eigenvalue weighted by Gasteiger charge is -2.11. The van der Waals surface area contributed by atoms with Crippen molar-refractivity contribution in [1.82, 2.24) is 15.0 Å². The number of benzene rings is 1. The third kappa shape index (κ3) is 3.39. The van der Waals surface area contributed by atoms with E-state index in [1.165, 1.54) is 16.8 Å². The highest BCUT2D eigenvalue weighted by Gasteiger charge is 2.21. The van der Waals surface area contributed by atoms with Gasteiger partial charge in [0.1, 0.15) is 5.82 Å². The zero-order valence-electron chi connectivity index (χ0n) is 11.7. The van der Waals surface area contributed by atoms with Crippen molar-refractivity contribution in [3.8, 4) is 0 Å². The van der Waals surface area contributed by atoms with Crippen molar-refractivity contribution in [2.24, 2.45) is 5.92 Å². The molecule has 0 aliphatic heterocycles. The van der Waals surface area contributed by atoms with Crippen LogP contribution in [0.3, 0.4) is 0 Å². The molecule has 0 aliphatic carbocycles. The highest BCUT2D eigenvalue weighted by atomic mass is 35.5. The van der Waals surface area contributed by atoms with Gasteiger partial charge in [0, 0.05) is 10.6 Å². The Morgan fingerprint density at radius 2 is 2.19 bits per heavy atom. The van der Waals surface area contributed by atoms with Gasteiger partial charge in [0.2, 0.25) is 0 Å². The highest BCUT2D eigenvalue weighted by Crippen LogP contribution is 2.21. The molecule has 1 aromatic heterocycles. The molecule has 7 heteroatoms. The zero-order valence-corrected chi connectivity index (χ0v) is 12.4. The van der Waals surface area contributed by atoms with Crippen LogP contribution >= 0.6 is 11.6 Å². The number of halogens is 2. The van der Waals surface area contributed by atoms with Crippen molar-refractivity contribution in [3.05, 3.63) is 46.0 Å². The number of nitrogens with zero attached hydrogens (tertiary/aromatic N) is 3. The van der Waals surface area contributed by atoms with Gasteiger partial charge < -0.3 is 5.11 Å². The quantitative estimate of drug-likeness (QED) is 0.921. The maximum atomic E-state index is 13.8. The molecule has 0 amide bonds. The lowest BCUT2D eigenvalue weighted by atomic mass is 10.1. The van der Waals surface area contributed by atoms with Gasteiger partial charge in [-0.1, -0.05) is 36.7 Å². The third-order valence-corrected chi connectivity index (χ3v) is 3.37. The second-order valence-corrected chi connectivity index (χ2v) is 5.55. The average molecular weight is 312 g/mol. The van der Waals surface area contributed by atoms with Crippen LogP contribution in [0.15, 0.2) is 18.2 Å². The predicted molar refractivity (Wildman–Crippen MR) is 76.0 cm³/mol. The monoisotopic (exact) mass is 311 g/mol. The molecule has 0 aliphatic rings. The smallest absolute Gasteiger partial charge is 0.358 e. The first-order valence-corrected chi connectivity index (χ1v) is 6.86. The summed E-state index contributed by atoms with van der Waals surface area (Å²) in [7, 11) is 0. The molecule has 0 bridgehead atoms. The predicted octanol–water partition coefficient (Wildman–Crippen LogP) is 3.02. The molecule has 21 heavy (non-hydrogen) atoms.